The maximum Gasteiger partial charge on any atom is 0.226 e. The standard InChI is InChI=1S/C21H26N2O3S/c1-2-26-18-7-5-16(6-8-18)14-21(25)23-11-9-17(10-12-23)22-20(24)15-19-4-3-13-27-19/h3-8,13,17H,2,9-12,14-15H2,1H3,(H,22,24). The highest BCUT2D eigenvalue weighted by Crippen LogP contribution is 2.16. The summed E-state index contributed by atoms with van der Waals surface area (Å²) < 4.78 is 5.43. The molecule has 1 saturated heterocycles. The fraction of sp³-hybridized carbons (Fsp3) is 0.429. The van der Waals surface area contributed by atoms with E-state index in [1.807, 2.05) is 53.6 Å². The lowest BCUT2D eigenvalue weighted by molar-refractivity contribution is -0.131. The van der Waals surface area contributed by atoms with Gasteiger partial charge in [-0.2, -0.15) is 0 Å². The molecule has 1 aliphatic rings. The number of piperidine rings is 1. The minimum absolute atomic E-state index is 0.0663. The van der Waals surface area contributed by atoms with Gasteiger partial charge >= 0.3 is 0 Å². The number of likely N-dealkylation sites (tertiary alicyclic amines) is 1. The molecule has 144 valence electrons. The van der Waals surface area contributed by atoms with Gasteiger partial charge < -0.3 is 15.0 Å². The average Bonchev–Trinajstić information content (AvgIpc) is 3.17. The molecule has 0 atom stereocenters. The predicted molar refractivity (Wildman–Crippen MR) is 107 cm³/mol. The first-order valence-electron chi connectivity index (χ1n) is 9.45. The Labute approximate surface area is 164 Å². The van der Waals surface area contributed by atoms with Crippen LogP contribution in [-0.4, -0.2) is 42.5 Å². The van der Waals surface area contributed by atoms with Gasteiger partial charge in [-0.3, -0.25) is 9.59 Å². The van der Waals surface area contributed by atoms with Crippen LogP contribution in [0.2, 0.25) is 0 Å². The summed E-state index contributed by atoms with van der Waals surface area (Å²) in [6.07, 6.45) is 2.47. The molecule has 3 rings (SSSR count). The molecule has 2 heterocycles. The number of rotatable bonds is 7. The van der Waals surface area contributed by atoms with Crippen LogP contribution in [0, 0.1) is 0 Å². The first kappa shape index (κ1) is 19.4. The number of thiophene rings is 1. The summed E-state index contributed by atoms with van der Waals surface area (Å²) in [5.74, 6) is 1.03. The number of ether oxygens (including phenoxy) is 1. The number of hydrogen-bond donors (Lipinski definition) is 1. The highest BCUT2D eigenvalue weighted by molar-refractivity contribution is 7.10. The largest absolute Gasteiger partial charge is 0.494 e. The summed E-state index contributed by atoms with van der Waals surface area (Å²) in [6.45, 7) is 3.97. The van der Waals surface area contributed by atoms with Gasteiger partial charge in [0, 0.05) is 24.0 Å². The lowest BCUT2D eigenvalue weighted by Crippen LogP contribution is -2.47. The summed E-state index contributed by atoms with van der Waals surface area (Å²) in [4.78, 5) is 27.6. The second-order valence-electron chi connectivity index (χ2n) is 6.73. The summed E-state index contributed by atoms with van der Waals surface area (Å²) in [7, 11) is 0. The molecule has 2 aromatic rings. The van der Waals surface area contributed by atoms with E-state index >= 15 is 0 Å². The summed E-state index contributed by atoms with van der Waals surface area (Å²) in [6, 6.07) is 11.8. The number of amides is 2. The summed E-state index contributed by atoms with van der Waals surface area (Å²) in [5, 5.41) is 5.08. The van der Waals surface area contributed by atoms with Gasteiger partial charge in [-0.15, -0.1) is 11.3 Å². The molecule has 1 aliphatic heterocycles. The van der Waals surface area contributed by atoms with Gasteiger partial charge in [0.05, 0.1) is 19.4 Å². The van der Waals surface area contributed by atoms with E-state index in [0.717, 1.165) is 29.0 Å². The van der Waals surface area contributed by atoms with Crippen molar-refractivity contribution in [3.05, 3.63) is 52.2 Å². The molecule has 0 spiro atoms. The third-order valence-corrected chi connectivity index (χ3v) is 5.59. The molecular weight excluding hydrogens is 360 g/mol. The molecule has 6 heteroatoms. The van der Waals surface area contributed by atoms with E-state index in [9.17, 15) is 9.59 Å². The zero-order valence-corrected chi connectivity index (χ0v) is 16.5. The van der Waals surface area contributed by atoms with Gasteiger partial charge in [0.25, 0.3) is 0 Å². The zero-order chi connectivity index (χ0) is 19.1. The van der Waals surface area contributed by atoms with Crippen LogP contribution < -0.4 is 10.1 Å². The van der Waals surface area contributed by atoms with Crippen molar-refractivity contribution in [2.45, 2.75) is 38.6 Å². The van der Waals surface area contributed by atoms with E-state index in [4.69, 9.17) is 4.74 Å². The molecule has 0 unspecified atom stereocenters. The first-order valence-corrected chi connectivity index (χ1v) is 10.3. The Bertz CT molecular complexity index is 735. The smallest absolute Gasteiger partial charge is 0.226 e. The number of carbonyl (C=O) groups is 2. The lowest BCUT2D eigenvalue weighted by Gasteiger charge is -2.32. The highest BCUT2D eigenvalue weighted by Gasteiger charge is 2.24. The molecule has 5 nitrogen and oxygen atoms in total. The van der Waals surface area contributed by atoms with Crippen LogP contribution in [0.1, 0.15) is 30.2 Å². The molecule has 0 radical (unpaired) electrons. The third kappa shape index (κ3) is 5.82. The molecule has 1 N–H and O–H groups in total. The van der Waals surface area contributed by atoms with Gasteiger partial charge in [0.15, 0.2) is 0 Å². The van der Waals surface area contributed by atoms with E-state index in [2.05, 4.69) is 5.32 Å². The molecule has 0 saturated carbocycles. The van der Waals surface area contributed by atoms with Crippen molar-refractivity contribution in [2.75, 3.05) is 19.7 Å². The van der Waals surface area contributed by atoms with Crippen LogP contribution in [0.3, 0.4) is 0 Å². The Balaban J connectivity index is 1.41. The van der Waals surface area contributed by atoms with Crippen LogP contribution >= 0.6 is 11.3 Å². The van der Waals surface area contributed by atoms with E-state index < -0.39 is 0 Å². The van der Waals surface area contributed by atoms with Gasteiger partial charge in [-0.1, -0.05) is 18.2 Å². The van der Waals surface area contributed by atoms with E-state index in [1.165, 1.54) is 0 Å². The van der Waals surface area contributed by atoms with Crippen LogP contribution in [0.5, 0.6) is 5.75 Å². The number of hydrogen-bond acceptors (Lipinski definition) is 4. The van der Waals surface area contributed by atoms with E-state index in [-0.39, 0.29) is 17.9 Å². The third-order valence-electron chi connectivity index (χ3n) is 4.72. The van der Waals surface area contributed by atoms with Crippen LogP contribution in [0.25, 0.3) is 0 Å². The predicted octanol–water partition coefficient (Wildman–Crippen LogP) is 3.04. The highest BCUT2D eigenvalue weighted by atomic mass is 32.1. The van der Waals surface area contributed by atoms with Crippen molar-refractivity contribution in [3.63, 3.8) is 0 Å². The second kappa shape index (κ2) is 9.55. The molecule has 0 bridgehead atoms. The molecule has 1 fully saturated rings. The molecule has 1 aromatic carbocycles. The lowest BCUT2D eigenvalue weighted by atomic mass is 10.0. The van der Waals surface area contributed by atoms with Gasteiger partial charge in [-0.25, -0.2) is 0 Å². The van der Waals surface area contributed by atoms with Crippen LogP contribution in [0.15, 0.2) is 41.8 Å². The topological polar surface area (TPSA) is 58.6 Å². The molecular formula is C21H26N2O3S. The fourth-order valence-corrected chi connectivity index (χ4v) is 3.98. The van der Waals surface area contributed by atoms with Crippen LogP contribution in [0.4, 0.5) is 0 Å². The Hall–Kier alpha value is -2.34. The van der Waals surface area contributed by atoms with E-state index in [1.54, 1.807) is 11.3 Å². The number of nitrogens with one attached hydrogen (secondary N) is 1. The molecule has 0 aliphatic carbocycles. The Morgan fingerprint density at radius 2 is 1.89 bits per heavy atom. The minimum atomic E-state index is 0.0663. The summed E-state index contributed by atoms with van der Waals surface area (Å²) >= 11 is 1.60. The normalized spacial score (nSPS) is 14.8. The number of nitrogens with zero attached hydrogens (tertiary/aromatic N) is 1. The van der Waals surface area contributed by atoms with Crippen molar-refractivity contribution in [1.82, 2.24) is 10.2 Å². The molecule has 2 amide bonds. The van der Waals surface area contributed by atoms with Crippen molar-refractivity contribution in [2.24, 2.45) is 0 Å². The average molecular weight is 387 g/mol. The Morgan fingerprint density at radius 3 is 2.52 bits per heavy atom. The molecule has 1 aromatic heterocycles. The Kier molecular flexibility index (Phi) is 6.87. The van der Waals surface area contributed by atoms with Crippen molar-refractivity contribution in [3.8, 4) is 5.75 Å². The summed E-state index contributed by atoms with van der Waals surface area (Å²) in [5.41, 5.74) is 0.995. The maximum atomic E-state index is 12.5. The SMILES string of the molecule is CCOc1ccc(CC(=O)N2CCC(NC(=O)Cc3cccs3)CC2)cc1. The fourth-order valence-electron chi connectivity index (χ4n) is 3.28. The van der Waals surface area contributed by atoms with Gasteiger partial charge in [0.2, 0.25) is 11.8 Å². The molecule has 27 heavy (non-hydrogen) atoms. The number of carbonyl (C=O) groups excluding carboxylic acids is 2. The second-order valence-corrected chi connectivity index (χ2v) is 7.76. The zero-order valence-electron chi connectivity index (χ0n) is 15.6. The maximum absolute atomic E-state index is 12.5. The van der Waals surface area contributed by atoms with Crippen molar-refractivity contribution in [1.29, 1.82) is 0 Å². The Morgan fingerprint density at radius 1 is 1.15 bits per heavy atom. The van der Waals surface area contributed by atoms with Crippen LogP contribution in [-0.2, 0) is 22.4 Å². The van der Waals surface area contributed by atoms with Crippen molar-refractivity contribution >= 4 is 23.2 Å². The minimum Gasteiger partial charge on any atom is -0.494 e. The quantitative estimate of drug-likeness (QED) is 0.796. The number of benzene rings is 1. The van der Waals surface area contributed by atoms with Gasteiger partial charge in [0.1, 0.15) is 5.75 Å². The monoisotopic (exact) mass is 386 g/mol. The van der Waals surface area contributed by atoms with Crippen molar-refractivity contribution < 1.29 is 14.3 Å². The first-order chi connectivity index (χ1) is 13.1. The van der Waals surface area contributed by atoms with E-state index in [0.29, 0.717) is 32.5 Å². The van der Waals surface area contributed by atoms with Gasteiger partial charge in [-0.05, 0) is 48.9 Å².